The first kappa shape index (κ1) is 26.2. The molecule has 2 aromatic heterocycles. The summed E-state index contributed by atoms with van der Waals surface area (Å²) in [5.41, 5.74) is 7.58. The van der Waals surface area contributed by atoms with Crippen molar-refractivity contribution < 1.29 is 13.9 Å². The molecule has 0 unspecified atom stereocenters. The lowest BCUT2D eigenvalue weighted by molar-refractivity contribution is 0.0997. The van der Waals surface area contributed by atoms with E-state index in [-0.39, 0.29) is 41.6 Å². The maximum Gasteiger partial charge on any atom is 0.254 e. The van der Waals surface area contributed by atoms with Crippen LogP contribution in [0.1, 0.15) is 53.2 Å². The Morgan fingerprint density at radius 3 is 2.40 bits per heavy atom. The van der Waals surface area contributed by atoms with Crippen LogP contribution in [0.5, 0.6) is 11.6 Å². The molecule has 1 aliphatic rings. The Kier molecular flexibility index (Phi) is 8.45. The first-order valence-electron chi connectivity index (χ1n) is 11.3. The van der Waals surface area contributed by atoms with Crippen LogP contribution in [0.15, 0.2) is 42.6 Å². The van der Waals surface area contributed by atoms with Gasteiger partial charge in [-0.1, -0.05) is 0 Å². The highest BCUT2D eigenvalue weighted by Crippen LogP contribution is 2.35. The van der Waals surface area contributed by atoms with Crippen LogP contribution in [0.3, 0.4) is 0 Å². The van der Waals surface area contributed by atoms with Gasteiger partial charge in [-0.25, -0.2) is 14.4 Å². The van der Waals surface area contributed by atoms with Crippen molar-refractivity contribution in [2.75, 3.05) is 24.3 Å². The zero-order chi connectivity index (χ0) is 24.2. The summed E-state index contributed by atoms with van der Waals surface area (Å²) in [5.74, 6) is 1.29. The molecule has 0 bridgehead atoms. The number of benzene rings is 1. The van der Waals surface area contributed by atoms with Gasteiger partial charge in [-0.3, -0.25) is 4.79 Å². The molecule has 0 saturated heterocycles. The van der Waals surface area contributed by atoms with Crippen LogP contribution in [0.4, 0.5) is 16.2 Å². The Hall–Kier alpha value is -3.46. The molecule has 35 heavy (non-hydrogen) atoms. The largest absolute Gasteiger partial charge is 0.438 e. The molecule has 8 nitrogen and oxygen atoms in total. The Bertz CT molecular complexity index is 1170. The van der Waals surface area contributed by atoms with E-state index >= 15 is 0 Å². The van der Waals surface area contributed by atoms with Crippen LogP contribution < -0.4 is 20.7 Å². The maximum absolute atomic E-state index is 13.2. The number of primary amides is 1. The van der Waals surface area contributed by atoms with Gasteiger partial charge in [0.15, 0.2) is 0 Å². The second-order valence-electron chi connectivity index (χ2n) is 8.80. The Morgan fingerprint density at radius 1 is 1.09 bits per heavy atom. The third-order valence-corrected chi connectivity index (χ3v) is 6.02. The molecule has 0 radical (unpaired) electrons. The number of pyridine rings is 1. The van der Waals surface area contributed by atoms with E-state index in [4.69, 9.17) is 10.5 Å². The zero-order valence-corrected chi connectivity index (χ0v) is 20.8. The summed E-state index contributed by atoms with van der Waals surface area (Å²) in [4.78, 5) is 27.5. The molecule has 0 atom stereocenters. The predicted molar refractivity (Wildman–Crippen MR) is 136 cm³/mol. The molecule has 1 saturated carbocycles. The number of nitrogens with one attached hydrogen (secondary N) is 1. The van der Waals surface area contributed by atoms with Crippen molar-refractivity contribution in [3.63, 3.8) is 0 Å². The molecule has 1 aromatic carbocycles. The van der Waals surface area contributed by atoms with Gasteiger partial charge in [-0.15, -0.1) is 12.4 Å². The minimum absolute atomic E-state index is 0. The summed E-state index contributed by atoms with van der Waals surface area (Å²) in [6.07, 6.45) is 5.55. The first-order chi connectivity index (χ1) is 16.3. The van der Waals surface area contributed by atoms with E-state index in [1.807, 2.05) is 38.2 Å². The summed E-state index contributed by atoms with van der Waals surface area (Å²) in [7, 11) is 3.93. The number of anilines is 2. The summed E-state index contributed by atoms with van der Waals surface area (Å²) in [6.45, 7) is 1.99. The average molecular weight is 501 g/mol. The van der Waals surface area contributed by atoms with Crippen molar-refractivity contribution in [3.05, 3.63) is 65.2 Å². The lowest BCUT2D eigenvalue weighted by atomic mass is 9.84. The second-order valence-corrected chi connectivity index (χ2v) is 8.80. The topological polar surface area (TPSA) is 106 Å². The molecule has 186 valence electrons. The molecular formula is C25H30ClFN6O2. The number of carbonyl (C=O) groups is 1. The van der Waals surface area contributed by atoms with Crippen molar-refractivity contribution in [1.29, 1.82) is 0 Å². The van der Waals surface area contributed by atoms with Gasteiger partial charge in [0.05, 0.1) is 0 Å². The van der Waals surface area contributed by atoms with Gasteiger partial charge in [0.25, 0.3) is 5.91 Å². The minimum atomic E-state index is -0.626. The fourth-order valence-corrected chi connectivity index (χ4v) is 4.23. The number of ether oxygens (including phenoxy) is 1. The molecule has 0 aliphatic heterocycles. The number of halogens is 2. The number of hydrogen-bond acceptors (Lipinski definition) is 7. The van der Waals surface area contributed by atoms with Crippen molar-refractivity contribution >= 4 is 30.1 Å². The summed E-state index contributed by atoms with van der Waals surface area (Å²) >= 11 is 0. The maximum atomic E-state index is 13.2. The summed E-state index contributed by atoms with van der Waals surface area (Å²) < 4.78 is 19.0. The zero-order valence-electron chi connectivity index (χ0n) is 20.0. The molecule has 3 aromatic rings. The van der Waals surface area contributed by atoms with E-state index < -0.39 is 5.91 Å². The van der Waals surface area contributed by atoms with E-state index in [1.54, 1.807) is 6.07 Å². The number of rotatable bonds is 7. The van der Waals surface area contributed by atoms with Gasteiger partial charge in [0.1, 0.15) is 22.9 Å². The van der Waals surface area contributed by atoms with Gasteiger partial charge in [0, 0.05) is 43.5 Å². The van der Waals surface area contributed by atoms with Crippen LogP contribution in [-0.2, 0) is 0 Å². The highest BCUT2D eigenvalue weighted by Gasteiger charge is 2.25. The van der Waals surface area contributed by atoms with E-state index in [0.29, 0.717) is 11.7 Å². The molecule has 2 heterocycles. The van der Waals surface area contributed by atoms with Gasteiger partial charge in [-0.05, 0) is 69.0 Å². The van der Waals surface area contributed by atoms with Gasteiger partial charge < -0.3 is 20.7 Å². The highest BCUT2D eigenvalue weighted by molar-refractivity contribution is 5.95. The van der Waals surface area contributed by atoms with Crippen LogP contribution in [0.25, 0.3) is 0 Å². The number of nitrogens with zero attached hydrogens (tertiary/aromatic N) is 4. The van der Waals surface area contributed by atoms with E-state index in [9.17, 15) is 9.18 Å². The van der Waals surface area contributed by atoms with Gasteiger partial charge in [-0.2, -0.15) is 4.98 Å². The van der Waals surface area contributed by atoms with E-state index in [2.05, 4.69) is 20.3 Å². The standard InChI is InChI=1S/C25H29FN6O2.ClH/c1-15-14-28-25(31-23(15)32(2)3)29-18-8-4-16(5-9-18)21-13-12-20(22(27)33)24(30-21)34-19-10-6-17(26)7-11-19;/h6-7,10-14,16,18H,4-5,8-9H2,1-3H3,(H2,27,33)(H,28,29,31);1H. The third kappa shape index (κ3) is 6.36. The SMILES string of the molecule is Cc1cnc(NC2CCC(c3ccc(C(N)=O)c(Oc4ccc(F)cc4)n3)CC2)nc1N(C)C.Cl. The van der Waals surface area contributed by atoms with Gasteiger partial charge in [0.2, 0.25) is 11.8 Å². The van der Waals surface area contributed by atoms with E-state index in [1.165, 1.54) is 24.3 Å². The number of nitrogens with two attached hydrogens (primary N) is 1. The molecule has 1 amide bonds. The Balaban J connectivity index is 0.00000342. The van der Waals surface area contributed by atoms with Crippen molar-refractivity contribution in [3.8, 4) is 11.6 Å². The van der Waals surface area contributed by atoms with Crippen LogP contribution in [-0.4, -0.2) is 41.0 Å². The molecule has 0 spiro atoms. The number of carbonyl (C=O) groups excluding carboxylic acids is 1. The average Bonchev–Trinajstić information content (AvgIpc) is 2.82. The normalized spacial score (nSPS) is 17.3. The smallest absolute Gasteiger partial charge is 0.254 e. The number of amides is 1. The minimum Gasteiger partial charge on any atom is -0.438 e. The lowest BCUT2D eigenvalue weighted by Crippen LogP contribution is -2.27. The Labute approximate surface area is 210 Å². The fourth-order valence-electron chi connectivity index (χ4n) is 4.23. The summed E-state index contributed by atoms with van der Waals surface area (Å²) in [6, 6.07) is 9.31. The Morgan fingerprint density at radius 2 is 1.77 bits per heavy atom. The van der Waals surface area contributed by atoms with Crippen molar-refractivity contribution in [2.24, 2.45) is 5.73 Å². The summed E-state index contributed by atoms with van der Waals surface area (Å²) in [5, 5.41) is 3.46. The molecule has 10 heteroatoms. The van der Waals surface area contributed by atoms with E-state index in [0.717, 1.165) is 42.8 Å². The first-order valence-corrected chi connectivity index (χ1v) is 11.3. The highest BCUT2D eigenvalue weighted by atomic mass is 35.5. The molecule has 4 rings (SSSR count). The lowest BCUT2D eigenvalue weighted by Gasteiger charge is -2.29. The third-order valence-electron chi connectivity index (χ3n) is 6.02. The molecule has 1 fully saturated rings. The molecule has 1 aliphatic carbocycles. The van der Waals surface area contributed by atoms with Gasteiger partial charge >= 0.3 is 0 Å². The quantitative estimate of drug-likeness (QED) is 0.478. The predicted octanol–water partition coefficient (Wildman–Crippen LogP) is 4.84. The van der Waals surface area contributed by atoms with Crippen molar-refractivity contribution in [2.45, 2.75) is 44.6 Å². The monoisotopic (exact) mass is 500 g/mol. The second kappa shape index (κ2) is 11.3. The molecule has 3 N–H and O–H groups in total. The van der Waals surface area contributed by atoms with Crippen LogP contribution >= 0.6 is 12.4 Å². The number of aryl methyl sites for hydroxylation is 1. The van der Waals surface area contributed by atoms with Crippen molar-refractivity contribution in [1.82, 2.24) is 15.0 Å². The number of hydrogen-bond donors (Lipinski definition) is 2. The van der Waals surface area contributed by atoms with Crippen LogP contribution in [0, 0.1) is 12.7 Å². The molecular weight excluding hydrogens is 471 g/mol. The van der Waals surface area contributed by atoms with Crippen LogP contribution in [0.2, 0.25) is 0 Å². The number of aromatic nitrogens is 3. The fraction of sp³-hybridized carbons (Fsp3) is 0.360.